The van der Waals surface area contributed by atoms with Crippen molar-refractivity contribution in [3.05, 3.63) is 95.7 Å². The lowest BCUT2D eigenvalue weighted by atomic mass is 9.81. The van der Waals surface area contributed by atoms with E-state index < -0.39 is 6.10 Å². The molecule has 2 unspecified atom stereocenters. The Hall–Kier alpha value is -3.17. The van der Waals surface area contributed by atoms with Crippen LogP contribution in [0.5, 0.6) is 0 Å². The van der Waals surface area contributed by atoms with E-state index in [2.05, 4.69) is 34.3 Å². The molecule has 0 fully saturated rings. The number of aliphatic hydroxyl groups excluding tert-OH is 1. The molecule has 26 heavy (non-hydrogen) atoms. The van der Waals surface area contributed by atoms with Gasteiger partial charge >= 0.3 is 0 Å². The molecule has 0 bridgehead atoms. The van der Waals surface area contributed by atoms with E-state index in [9.17, 15) is 5.11 Å². The summed E-state index contributed by atoms with van der Waals surface area (Å²) in [7, 11) is 0. The summed E-state index contributed by atoms with van der Waals surface area (Å²) >= 11 is 0. The molecule has 3 nitrogen and oxygen atoms in total. The zero-order valence-electron chi connectivity index (χ0n) is 14.1. The third-order valence-electron chi connectivity index (χ3n) is 5.14. The van der Waals surface area contributed by atoms with E-state index in [1.807, 2.05) is 54.6 Å². The molecule has 0 aliphatic heterocycles. The topological polar surface area (TPSA) is 48.9 Å². The van der Waals surface area contributed by atoms with Crippen molar-refractivity contribution in [2.75, 3.05) is 0 Å². The molecular formula is C23H18N2O. The molecule has 0 saturated carbocycles. The number of para-hydroxylation sites is 1. The maximum absolute atomic E-state index is 11.1. The van der Waals surface area contributed by atoms with Gasteiger partial charge < -0.3 is 10.1 Å². The fourth-order valence-electron chi connectivity index (χ4n) is 3.91. The quantitative estimate of drug-likeness (QED) is 0.536. The average molecular weight is 338 g/mol. The van der Waals surface area contributed by atoms with E-state index in [4.69, 9.17) is 0 Å². The fourth-order valence-corrected chi connectivity index (χ4v) is 3.91. The van der Waals surface area contributed by atoms with Gasteiger partial charge in [0.05, 0.1) is 17.5 Å². The van der Waals surface area contributed by atoms with Crippen molar-refractivity contribution >= 4 is 17.0 Å². The van der Waals surface area contributed by atoms with Crippen molar-refractivity contribution in [2.45, 2.75) is 12.0 Å². The second kappa shape index (κ2) is 5.97. The van der Waals surface area contributed by atoms with Crippen LogP contribution in [-0.2, 0) is 0 Å². The zero-order valence-corrected chi connectivity index (χ0v) is 14.1. The Kier molecular flexibility index (Phi) is 3.47. The highest BCUT2D eigenvalue weighted by molar-refractivity contribution is 5.91. The maximum atomic E-state index is 11.1. The molecule has 2 heterocycles. The van der Waals surface area contributed by atoms with Gasteiger partial charge in [-0.3, -0.25) is 4.98 Å². The number of H-pyrrole nitrogens is 1. The van der Waals surface area contributed by atoms with Gasteiger partial charge in [0.15, 0.2) is 0 Å². The van der Waals surface area contributed by atoms with Crippen LogP contribution in [0.25, 0.3) is 28.4 Å². The van der Waals surface area contributed by atoms with Gasteiger partial charge in [0.25, 0.3) is 0 Å². The Labute approximate surface area is 151 Å². The molecule has 2 atom stereocenters. The van der Waals surface area contributed by atoms with Gasteiger partial charge in [0.1, 0.15) is 0 Å². The Morgan fingerprint density at radius 2 is 1.69 bits per heavy atom. The van der Waals surface area contributed by atoms with Gasteiger partial charge in [-0.25, -0.2) is 0 Å². The summed E-state index contributed by atoms with van der Waals surface area (Å²) < 4.78 is 0. The van der Waals surface area contributed by atoms with Crippen LogP contribution >= 0.6 is 0 Å². The van der Waals surface area contributed by atoms with Crippen molar-refractivity contribution in [2.24, 2.45) is 0 Å². The largest absolute Gasteiger partial charge is 0.387 e. The highest BCUT2D eigenvalue weighted by Gasteiger charge is 2.30. The van der Waals surface area contributed by atoms with Crippen LogP contribution in [0.3, 0.4) is 0 Å². The standard InChI is InChI=1S/C23H18N2O/c26-23-16-8-2-1-7-15(16)12-13-18(23)21-17-9-3-4-10-19(17)25-22(21)20-11-5-6-14-24-20/h1-14,18,23,25-26H. The number of hydrogen-bond donors (Lipinski definition) is 2. The van der Waals surface area contributed by atoms with Crippen molar-refractivity contribution in [1.29, 1.82) is 0 Å². The number of hydrogen-bond acceptors (Lipinski definition) is 2. The summed E-state index contributed by atoms with van der Waals surface area (Å²) in [5.41, 5.74) is 6.06. The number of nitrogens with one attached hydrogen (secondary N) is 1. The average Bonchev–Trinajstić information content (AvgIpc) is 3.09. The maximum Gasteiger partial charge on any atom is 0.0900 e. The van der Waals surface area contributed by atoms with E-state index in [0.29, 0.717) is 0 Å². The van der Waals surface area contributed by atoms with Crippen LogP contribution in [0, 0.1) is 0 Å². The Bertz CT molecular complexity index is 1110. The van der Waals surface area contributed by atoms with Gasteiger partial charge in [-0.2, -0.15) is 0 Å². The van der Waals surface area contributed by atoms with E-state index in [1.165, 1.54) is 0 Å². The summed E-state index contributed by atoms with van der Waals surface area (Å²) in [6, 6.07) is 22.2. The first-order valence-electron chi connectivity index (χ1n) is 8.80. The molecule has 1 aliphatic rings. The number of pyridine rings is 1. The zero-order chi connectivity index (χ0) is 17.5. The van der Waals surface area contributed by atoms with E-state index in [1.54, 1.807) is 6.20 Å². The monoisotopic (exact) mass is 338 g/mol. The first kappa shape index (κ1) is 15.1. The normalized spacial score (nSPS) is 18.8. The summed E-state index contributed by atoms with van der Waals surface area (Å²) in [6.45, 7) is 0. The number of aliphatic hydroxyl groups is 1. The van der Waals surface area contributed by atoms with E-state index in [-0.39, 0.29) is 5.92 Å². The minimum Gasteiger partial charge on any atom is -0.387 e. The molecule has 5 rings (SSSR count). The van der Waals surface area contributed by atoms with Gasteiger partial charge in [0, 0.05) is 23.0 Å². The first-order valence-corrected chi connectivity index (χ1v) is 8.80. The lowest BCUT2D eigenvalue weighted by Gasteiger charge is -2.26. The van der Waals surface area contributed by atoms with Crippen molar-refractivity contribution in [3.63, 3.8) is 0 Å². The van der Waals surface area contributed by atoms with E-state index in [0.717, 1.165) is 39.0 Å². The third-order valence-corrected chi connectivity index (χ3v) is 5.14. The van der Waals surface area contributed by atoms with Crippen molar-refractivity contribution in [3.8, 4) is 11.4 Å². The van der Waals surface area contributed by atoms with Crippen molar-refractivity contribution < 1.29 is 5.11 Å². The predicted octanol–water partition coefficient (Wildman–Crippen LogP) is 5.07. The minimum atomic E-state index is -0.585. The molecule has 0 spiro atoms. The molecule has 2 N–H and O–H groups in total. The lowest BCUT2D eigenvalue weighted by Crippen LogP contribution is -2.14. The molecule has 1 aliphatic carbocycles. The summed E-state index contributed by atoms with van der Waals surface area (Å²) in [5.74, 6) is -0.127. The number of fused-ring (bicyclic) bond motifs is 2. The molecule has 2 aromatic carbocycles. The van der Waals surface area contributed by atoms with Gasteiger partial charge in [-0.15, -0.1) is 0 Å². The van der Waals surface area contributed by atoms with Crippen LogP contribution in [-0.4, -0.2) is 15.1 Å². The second-order valence-corrected chi connectivity index (χ2v) is 6.63. The van der Waals surface area contributed by atoms with Crippen LogP contribution in [0.15, 0.2) is 79.0 Å². The smallest absolute Gasteiger partial charge is 0.0900 e. The predicted molar refractivity (Wildman–Crippen MR) is 105 cm³/mol. The summed E-state index contributed by atoms with van der Waals surface area (Å²) in [5, 5.41) is 12.3. The summed E-state index contributed by atoms with van der Waals surface area (Å²) in [4.78, 5) is 8.05. The van der Waals surface area contributed by atoms with Crippen LogP contribution in [0.1, 0.15) is 28.7 Å². The first-order chi connectivity index (χ1) is 12.8. The molecule has 3 heteroatoms. The van der Waals surface area contributed by atoms with Gasteiger partial charge in [-0.05, 0) is 34.9 Å². The molecule has 0 amide bonds. The SMILES string of the molecule is OC1c2ccccc2C=CC1c1c(-c2ccccn2)[nH]c2ccccc12. The second-order valence-electron chi connectivity index (χ2n) is 6.63. The molecule has 4 aromatic rings. The van der Waals surface area contributed by atoms with E-state index >= 15 is 0 Å². The molecule has 126 valence electrons. The molecule has 2 aromatic heterocycles. The number of aromatic amines is 1. The number of nitrogens with zero attached hydrogens (tertiary/aromatic N) is 1. The Morgan fingerprint density at radius 3 is 2.58 bits per heavy atom. The molecule has 0 radical (unpaired) electrons. The van der Waals surface area contributed by atoms with Gasteiger partial charge in [0.2, 0.25) is 0 Å². The third kappa shape index (κ3) is 2.29. The molecule has 0 saturated heterocycles. The lowest BCUT2D eigenvalue weighted by molar-refractivity contribution is 0.161. The Morgan fingerprint density at radius 1 is 0.885 bits per heavy atom. The number of aromatic nitrogens is 2. The van der Waals surface area contributed by atoms with Crippen LogP contribution in [0.2, 0.25) is 0 Å². The number of rotatable bonds is 2. The minimum absolute atomic E-state index is 0.127. The summed E-state index contributed by atoms with van der Waals surface area (Å²) in [6.07, 6.45) is 5.43. The Balaban J connectivity index is 1.75. The number of benzene rings is 2. The fraction of sp³-hybridized carbons (Fsp3) is 0.0870. The molecular weight excluding hydrogens is 320 g/mol. The van der Waals surface area contributed by atoms with Crippen molar-refractivity contribution in [1.82, 2.24) is 9.97 Å². The van der Waals surface area contributed by atoms with Crippen LogP contribution in [0.4, 0.5) is 0 Å². The highest BCUT2D eigenvalue weighted by atomic mass is 16.3. The van der Waals surface area contributed by atoms with Gasteiger partial charge in [-0.1, -0.05) is 60.7 Å². The highest BCUT2D eigenvalue weighted by Crippen LogP contribution is 2.44. The van der Waals surface area contributed by atoms with Crippen LogP contribution < -0.4 is 0 Å².